The predicted octanol–water partition coefficient (Wildman–Crippen LogP) is 0.913. The molecule has 2 rings (SSSR count). The Bertz CT molecular complexity index is 280. The topological polar surface area (TPSA) is 61.7 Å². The van der Waals surface area contributed by atoms with E-state index in [9.17, 15) is 10.2 Å². The van der Waals surface area contributed by atoms with Gasteiger partial charge in [-0.2, -0.15) is 0 Å². The van der Waals surface area contributed by atoms with Gasteiger partial charge in [0.05, 0.1) is 24.9 Å². The van der Waals surface area contributed by atoms with E-state index in [1.165, 1.54) is 6.42 Å². The van der Waals surface area contributed by atoms with E-state index in [0.29, 0.717) is 18.1 Å². The van der Waals surface area contributed by atoms with Crippen molar-refractivity contribution in [2.24, 2.45) is 11.3 Å². The van der Waals surface area contributed by atoms with Crippen LogP contribution in [-0.4, -0.2) is 47.7 Å². The summed E-state index contributed by atoms with van der Waals surface area (Å²) in [6, 6.07) is 0.321. The maximum atomic E-state index is 9.56. The summed E-state index contributed by atoms with van der Waals surface area (Å²) in [6.07, 6.45) is 3.36. The first kappa shape index (κ1) is 14.3. The van der Waals surface area contributed by atoms with Crippen LogP contribution in [0.1, 0.15) is 40.0 Å². The van der Waals surface area contributed by atoms with Crippen LogP contribution in [0, 0.1) is 11.3 Å². The van der Waals surface area contributed by atoms with Crippen LogP contribution in [0.2, 0.25) is 0 Å². The molecule has 0 amide bonds. The Hall–Kier alpha value is -0.160. The van der Waals surface area contributed by atoms with E-state index in [-0.39, 0.29) is 18.6 Å². The maximum absolute atomic E-state index is 9.56. The zero-order valence-electron chi connectivity index (χ0n) is 11.8. The van der Waals surface area contributed by atoms with Crippen molar-refractivity contribution in [2.75, 3.05) is 19.8 Å². The first-order valence-corrected chi connectivity index (χ1v) is 7.12. The monoisotopic (exact) mass is 257 g/mol. The van der Waals surface area contributed by atoms with Gasteiger partial charge in [-0.1, -0.05) is 20.8 Å². The van der Waals surface area contributed by atoms with Gasteiger partial charge in [-0.05, 0) is 19.3 Å². The molecule has 3 unspecified atom stereocenters. The zero-order valence-corrected chi connectivity index (χ0v) is 11.8. The molecule has 1 saturated heterocycles. The fourth-order valence-electron chi connectivity index (χ4n) is 3.61. The van der Waals surface area contributed by atoms with E-state index in [2.05, 4.69) is 19.2 Å². The van der Waals surface area contributed by atoms with Crippen molar-refractivity contribution in [1.82, 2.24) is 5.32 Å². The number of nitrogens with one attached hydrogen (secondary N) is 1. The smallest absolute Gasteiger partial charge is 0.0684 e. The lowest BCUT2D eigenvalue weighted by Crippen LogP contribution is -2.73. The summed E-state index contributed by atoms with van der Waals surface area (Å²) in [5.74, 6) is 0.526. The highest BCUT2D eigenvalue weighted by Crippen LogP contribution is 2.51. The van der Waals surface area contributed by atoms with E-state index in [1.807, 2.05) is 6.92 Å². The normalized spacial score (nSPS) is 34.8. The van der Waals surface area contributed by atoms with Crippen molar-refractivity contribution in [3.8, 4) is 0 Å². The van der Waals surface area contributed by atoms with Gasteiger partial charge in [0.15, 0.2) is 0 Å². The van der Waals surface area contributed by atoms with Crippen LogP contribution in [0.5, 0.6) is 0 Å². The van der Waals surface area contributed by atoms with Crippen LogP contribution in [-0.2, 0) is 4.74 Å². The molecule has 0 spiro atoms. The summed E-state index contributed by atoms with van der Waals surface area (Å²) in [6.45, 7) is 7.25. The molecule has 0 radical (unpaired) electrons. The van der Waals surface area contributed by atoms with Gasteiger partial charge >= 0.3 is 0 Å². The third-order valence-electron chi connectivity index (χ3n) is 5.07. The highest BCUT2D eigenvalue weighted by molar-refractivity contribution is 5.12. The van der Waals surface area contributed by atoms with Crippen LogP contribution in [0.15, 0.2) is 0 Å². The van der Waals surface area contributed by atoms with Crippen LogP contribution < -0.4 is 5.32 Å². The lowest BCUT2D eigenvalue weighted by atomic mass is 9.54. The number of aliphatic hydroxyl groups excluding tert-OH is 2. The van der Waals surface area contributed by atoms with Gasteiger partial charge in [-0.25, -0.2) is 0 Å². The highest BCUT2D eigenvalue weighted by Gasteiger charge is 2.59. The summed E-state index contributed by atoms with van der Waals surface area (Å²) >= 11 is 0. The molecule has 0 aromatic heterocycles. The van der Waals surface area contributed by atoms with E-state index in [1.54, 1.807) is 0 Å². The number of aliphatic hydroxyl groups is 2. The summed E-state index contributed by atoms with van der Waals surface area (Å²) in [7, 11) is 0. The second-order valence-electron chi connectivity index (χ2n) is 6.49. The Labute approximate surface area is 110 Å². The highest BCUT2D eigenvalue weighted by atomic mass is 16.5. The Morgan fingerprint density at radius 2 is 2.00 bits per heavy atom. The largest absolute Gasteiger partial charge is 0.394 e. The quantitative estimate of drug-likeness (QED) is 0.685. The molecule has 1 aliphatic carbocycles. The molecule has 0 aromatic rings. The van der Waals surface area contributed by atoms with Gasteiger partial charge in [0, 0.05) is 24.0 Å². The van der Waals surface area contributed by atoms with E-state index in [0.717, 1.165) is 19.4 Å². The summed E-state index contributed by atoms with van der Waals surface area (Å²) < 4.78 is 5.87. The van der Waals surface area contributed by atoms with Crippen molar-refractivity contribution >= 4 is 0 Å². The standard InChI is InChI=1S/C14H27NO3/c1-4-14(8-16,9-17)15-11-10-6-5-7-18-12(10)13(11,2)3/h10-12,15-17H,4-9H2,1-3H3. The first-order chi connectivity index (χ1) is 8.50. The van der Waals surface area contributed by atoms with Gasteiger partial charge in [-0.3, -0.25) is 0 Å². The molecule has 18 heavy (non-hydrogen) atoms. The van der Waals surface area contributed by atoms with Crippen LogP contribution in [0.25, 0.3) is 0 Å². The Morgan fingerprint density at radius 1 is 1.33 bits per heavy atom. The van der Waals surface area contributed by atoms with E-state index in [4.69, 9.17) is 4.74 Å². The van der Waals surface area contributed by atoms with Crippen LogP contribution in [0.4, 0.5) is 0 Å². The molecule has 1 aliphatic heterocycles. The summed E-state index contributed by atoms with van der Waals surface area (Å²) in [5, 5.41) is 22.6. The number of hydrogen-bond acceptors (Lipinski definition) is 4. The minimum atomic E-state index is -0.551. The van der Waals surface area contributed by atoms with Crippen molar-refractivity contribution in [3.05, 3.63) is 0 Å². The van der Waals surface area contributed by atoms with Gasteiger partial charge in [0.2, 0.25) is 0 Å². The van der Waals surface area contributed by atoms with Gasteiger partial charge < -0.3 is 20.3 Å². The molecule has 4 nitrogen and oxygen atoms in total. The fourth-order valence-corrected chi connectivity index (χ4v) is 3.61. The first-order valence-electron chi connectivity index (χ1n) is 7.12. The molecule has 1 saturated carbocycles. The van der Waals surface area contributed by atoms with Crippen molar-refractivity contribution < 1.29 is 14.9 Å². The third-order valence-corrected chi connectivity index (χ3v) is 5.07. The lowest BCUT2D eigenvalue weighted by molar-refractivity contribution is -0.200. The number of fused-ring (bicyclic) bond motifs is 1. The van der Waals surface area contributed by atoms with Gasteiger partial charge in [0.25, 0.3) is 0 Å². The lowest BCUT2D eigenvalue weighted by Gasteiger charge is -2.62. The minimum Gasteiger partial charge on any atom is -0.394 e. The number of hydrogen-bond donors (Lipinski definition) is 3. The SMILES string of the molecule is CCC(CO)(CO)NC1C2CCCOC2C1(C)C. The molecular weight excluding hydrogens is 230 g/mol. The predicted molar refractivity (Wildman–Crippen MR) is 70.4 cm³/mol. The molecule has 106 valence electrons. The Kier molecular flexibility index (Phi) is 4.02. The minimum absolute atomic E-state index is 0.0230. The van der Waals surface area contributed by atoms with Crippen molar-refractivity contribution in [1.29, 1.82) is 0 Å². The molecule has 0 aromatic carbocycles. The second-order valence-corrected chi connectivity index (χ2v) is 6.49. The number of ether oxygens (including phenoxy) is 1. The number of rotatable bonds is 5. The molecule has 2 fully saturated rings. The molecule has 3 N–H and O–H groups in total. The fraction of sp³-hybridized carbons (Fsp3) is 1.00. The zero-order chi connectivity index (χ0) is 13.4. The van der Waals surface area contributed by atoms with Crippen molar-refractivity contribution in [3.63, 3.8) is 0 Å². The molecule has 4 heteroatoms. The average molecular weight is 257 g/mol. The molecule has 1 heterocycles. The average Bonchev–Trinajstić information content (AvgIpc) is 2.41. The van der Waals surface area contributed by atoms with Crippen LogP contribution in [0.3, 0.4) is 0 Å². The Balaban J connectivity index is 2.08. The Morgan fingerprint density at radius 3 is 2.56 bits per heavy atom. The summed E-state index contributed by atoms with van der Waals surface area (Å²) in [5.41, 5.74) is -0.472. The van der Waals surface area contributed by atoms with Gasteiger partial charge in [-0.15, -0.1) is 0 Å². The molecule has 2 aliphatic rings. The van der Waals surface area contributed by atoms with E-state index >= 15 is 0 Å². The third kappa shape index (κ3) is 2.09. The second kappa shape index (κ2) is 5.08. The van der Waals surface area contributed by atoms with Crippen molar-refractivity contribution in [2.45, 2.75) is 57.7 Å². The van der Waals surface area contributed by atoms with Crippen LogP contribution >= 0.6 is 0 Å². The van der Waals surface area contributed by atoms with E-state index < -0.39 is 5.54 Å². The molecule has 0 bridgehead atoms. The summed E-state index contributed by atoms with van der Waals surface area (Å²) in [4.78, 5) is 0. The maximum Gasteiger partial charge on any atom is 0.0684 e. The molecule has 3 atom stereocenters. The van der Waals surface area contributed by atoms with Gasteiger partial charge in [0.1, 0.15) is 0 Å². The molecular formula is C14H27NO3.